The zero-order valence-electron chi connectivity index (χ0n) is 17.0. The molecule has 1 unspecified atom stereocenters. The number of hydrogen-bond donors (Lipinski definition) is 1. The summed E-state index contributed by atoms with van der Waals surface area (Å²) in [7, 11) is 0. The summed E-state index contributed by atoms with van der Waals surface area (Å²) in [5.41, 5.74) is 7.62. The molecule has 0 aliphatic carbocycles. The number of piperazine rings is 1. The topological polar surface area (TPSA) is 92.4 Å². The van der Waals surface area contributed by atoms with Gasteiger partial charge >= 0.3 is 0 Å². The number of rotatable bonds is 5. The minimum Gasteiger partial charge on any atom is -0.383 e. The Bertz CT molecular complexity index is 1160. The second-order valence-corrected chi connectivity index (χ2v) is 9.18. The fraction of sp³-hybridized carbons (Fsp3) is 0.273. The van der Waals surface area contributed by atoms with E-state index in [2.05, 4.69) is 25.9 Å². The molecule has 1 fully saturated rings. The highest BCUT2D eigenvalue weighted by atomic mass is 79.9. The molecule has 4 rings (SSSR count). The SMILES string of the molecule is CCC1C(=O)N(Cc2ccc3c(N)ncnc3c2)CCN1C(=O)/C=C/c1cc(Br)cs1. The van der Waals surface area contributed by atoms with E-state index in [9.17, 15) is 9.59 Å². The Labute approximate surface area is 192 Å². The van der Waals surface area contributed by atoms with Crippen molar-refractivity contribution in [3.05, 3.63) is 57.0 Å². The summed E-state index contributed by atoms with van der Waals surface area (Å²) in [6.45, 7) is 3.39. The van der Waals surface area contributed by atoms with Gasteiger partial charge in [-0.25, -0.2) is 9.97 Å². The first-order chi connectivity index (χ1) is 15.0. The van der Waals surface area contributed by atoms with Crippen LogP contribution in [0.2, 0.25) is 0 Å². The van der Waals surface area contributed by atoms with E-state index in [4.69, 9.17) is 5.73 Å². The number of nitrogen functional groups attached to an aromatic ring is 1. The predicted octanol–water partition coefficient (Wildman–Crippen LogP) is 3.70. The van der Waals surface area contributed by atoms with E-state index in [0.717, 1.165) is 25.8 Å². The molecule has 2 amide bonds. The first kappa shape index (κ1) is 21.5. The van der Waals surface area contributed by atoms with Gasteiger partial charge in [0.05, 0.1) is 5.52 Å². The summed E-state index contributed by atoms with van der Waals surface area (Å²) in [6.07, 6.45) is 5.36. The molecule has 0 saturated carbocycles. The van der Waals surface area contributed by atoms with Crippen molar-refractivity contribution in [1.82, 2.24) is 19.8 Å². The molecule has 3 aromatic rings. The lowest BCUT2D eigenvalue weighted by Crippen LogP contribution is -2.57. The highest BCUT2D eigenvalue weighted by molar-refractivity contribution is 9.10. The van der Waals surface area contributed by atoms with Gasteiger partial charge in [0.2, 0.25) is 11.8 Å². The van der Waals surface area contributed by atoms with Gasteiger partial charge in [0.15, 0.2) is 0 Å². The van der Waals surface area contributed by atoms with Crippen LogP contribution >= 0.6 is 27.3 Å². The average Bonchev–Trinajstić information content (AvgIpc) is 3.18. The van der Waals surface area contributed by atoms with Crippen LogP contribution in [0.15, 0.2) is 46.5 Å². The van der Waals surface area contributed by atoms with Crippen molar-refractivity contribution in [2.75, 3.05) is 18.8 Å². The molecule has 7 nitrogen and oxygen atoms in total. The number of carbonyl (C=O) groups is 2. The summed E-state index contributed by atoms with van der Waals surface area (Å²) in [5, 5.41) is 2.76. The fourth-order valence-corrected chi connectivity index (χ4v) is 5.10. The third-order valence-electron chi connectivity index (χ3n) is 5.34. The molecular weight excluding hydrogens is 478 g/mol. The van der Waals surface area contributed by atoms with Gasteiger partial charge in [0.25, 0.3) is 0 Å². The van der Waals surface area contributed by atoms with Crippen molar-refractivity contribution in [3.63, 3.8) is 0 Å². The smallest absolute Gasteiger partial charge is 0.247 e. The molecule has 31 heavy (non-hydrogen) atoms. The first-order valence-electron chi connectivity index (χ1n) is 9.97. The molecule has 1 atom stereocenters. The normalized spacial score (nSPS) is 17.1. The monoisotopic (exact) mass is 499 g/mol. The number of carbonyl (C=O) groups excluding carboxylic acids is 2. The van der Waals surface area contributed by atoms with E-state index < -0.39 is 6.04 Å². The maximum absolute atomic E-state index is 13.1. The Hall–Kier alpha value is -2.78. The molecule has 3 heterocycles. The molecule has 1 aliphatic rings. The largest absolute Gasteiger partial charge is 0.383 e. The molecule has 160 valence electrons. The Balaban J connectivity index is 1.46. The van der Waals surface area contributed by atoms with Crippen molar-refractivity contribution >= 4 is 61.9 Å². The fourth-order valence-electron chi connectivity index (χ4n) is 3.76. The van der Waals surface area contributed by atoms with Crippen molar-refractivity contribution in [3.8, 4) is 0 Å². The zero-order chi connectivity index (χ0) is 22.0. The van der Waals surface area contributed by atoms with Crippen molar-refractivity contribution in [2.45, 2.75) is 25.9 Å². The lowest BCUT2D eigenvalue weighted by atomic mass is 10.1. The summed E-state index contributed by atoms with van der Waals surface area (Å²) >= 11 is 4.96. The molecule has 0 bridgehead atoms. The first-order valence-corrected chi connectivity index (χ1v) is 11.6. The molecule has 1 saturated heterocycles. The summed E-state index contributed by atoms with van der Waals surface area (Å²) in [4.78, 5) is 38.6. The number of aromatic nitrogens is 2. The van der Waals surface area contributed by atoms with Crippen molar-refractivity contribution in [2.24, 2.45) is 0 Å². The van der Waals surface area contributed by atoms with E-state index in [0.29, 0.717) is 31.9 Å². The lowest BCUT2D eigenvalue weighted by molar-refractivity contribution is -0.149. The second kappa shape index (κ2) is 9.15. The van der Waals surface area contributed by atoms with E-state index in [1.165, 1.54) is 6.33 Å². The summed E-state index contributed by atoms with van der Waals surface area (Å²) < 4.78 is 0.989. The predicted molar refractivity (Wildman–Crippen MR) is 126 cm³/mol. The highest BCUT2D eigenvalue weighted by Gasteiger charge is 2.35. The minimum absolute atomic E-state index is 0.0309. The van der Waals surface area contributed by atoms with Crippen LogP contribution in [0.25, 0.3) is 17.0 Å². The van der Waals surface area contributed by atoms with Crippen LogP contribution in [0.5, 0.6) is 0 Å². The molecular formula is C22H22BrN5O2S. The average molecular weight is 500 g/mol. The Kier molecular flexibility index (Phi) is 6.33. The Morgan fingerprint density at radius 2 is 2.16 bits per heavy atom. The molecule has 2 N–H and O–H groups in total. The third-order valence-corrected chi connectivity index (χ3v) is 7.00. The van der Waals surface area contributed by atoms with Crippen LogP contribution < -0.4 is 5.73 Å². The van der Waals surface area contributed by atoms with Gasteiger partial charge in [-0.3, -0.25) is 9.59 Å². The maximum Gasteiger partial charge on any atom is 0.247 e. The van der Waals surface area contributed by atoms with E-state index in [1.54, 1.807) is 28.4 Å². The molecule has 0 spiro atoms. The molecule has 1 aromatic carbocycles. The standard InChI is InChI=1S/C22H22BrN5O2S/c1-2-19-22(30)27(11-14-3-5-17-18(9-14)25-13-26-21(17)24)7-8-28(19)20(29)6-4-16-10-15(23)12-31-16/h3-6,9-10,12-13,19H,2,7-8,11H2,1H3,(H2,24,25,26)/b6-4+. The number of anilines is 1. The number of fused-ring (bicyclic) bond motifs is 1. The van der Waals surface area contributed by atoms with Gasteiger partial charge in [-0.1, -0.05) is 13.0 Å². The van der Waals surface area contributed by atoms with Gasteiger partial charge in [0, 0.05) is 45.8 Å². The van der Waals surface area contributed by atoms with Gasteiger partial charge in [-0.2, -0.15) is 0 Å². The van der Waals surface area contributed by atoms with Crippen LogP contribution in [0, 0.1) is 0 Å². The summed E-state index contributed by atoms with van der Waals surface area (Å²) in [5.74, 6) is 0.271. The second-order valence-electron chi connectivity index (χ2n) is 7.33. The van der Waals surface area contributed by atoms with Gasteiger partial charge < -0.3 is 15.5 Å². The lowest BCUT2D eigenvalue weighted by Gasteiger charge is -2.40. The number of hydrogen-bond acceptors (Lipinski definition) is 6. The number of thiophene rings is 1. The highest BCUT2D eigenvalue weighted by Crippen LogP contribution is 2.23. The quantitative estimate of drug-likeness (QED) is 0.540. The maximum atomic E-state index is 13.1. The molecule has 1 aliphatic heterocycles. The number of benzene rings is 1. The van der Waals surface area contributed by atoms with Crippen LogP contribution in [-0.2, 0) is 16.1 Å². The minimum atomic E-state index is -0.459. The van der Waals surface area contributed by atoms with Crippen LogP contribution in [0.3, 0.4) is 0 Å². The Morgan fingerprint density at radius 3 is 2.90 bits per heavy atom. The number of amides is 2. The van der Waals surface area contributed by atoms with E-state index in [-0.39, 0.29) is 11.8 Å². The third kappa shape index (κ3) is 4.62. The van der Waals surface area contributed by atoms with Crippen LogP contribution in [0.1, 0.15) is 23.8 Å². The van der Waals surface area contributed by atoms with Crippen LogP contribution in [-0.4, -0.2) is 50.7 Å². The molecule has 2 aromatic heterocycles. The summed E-state index contributed by atoms with van der Waals surface area (Å²) in [6, 6.07) is 7.25. The number of nitrogens with zero attached hydrogens (tertiary/aromatic N) is 4. The molecule has 0 radical (unpaired) electrons. The zero-order valence-corrected chi connectivity index (χ0v) is 19.4. The number of halogens is 1. The van der Waals surface area contributed by atoms with Crippen molar-refractivity contribution in [1.29, 1.82) is 0 Å². The van der Waals surface area contributed by atoms with E-state index in [1.807, 2.05) is 41.5 Å². The Morgan fingerprint density at radius 1 is 1.32 bits per heavy atom. The van der Waals surface area contributed by atoms with Gasteiger partial charge in [-0.05, 0) is 52.2 Å². The van der Waals surface area contributed by atoms with Gasteiger partial charge in [-0.15, -0.1) is 11.3 Å². The number of nitrogens with two attached hydrogens (primary N) is 1. The molecule has 9 heteroatoms. The van der Waals surface area contributed by atoms with Gasteiger partial charge in [0.1, 0.15) is 18.2 Å². The van der Waals surface area contributed by atoms with Crippen LogP contribution in [0.4, 0.5) is 5.82 Å². The van der Waals surface area contributed by atoms with E-state index >= 15 is 0 Å². The van der Waals surface area contributed by atoms with Crippen molar-refractivity contribution < 1.29 is 9.59 Å².